The van der Waals surface area contributed by atoms with Crippen molar-refractivity contribution < 1.29 is 14.6 Å². The average molecular weight is 322 g/mol. The number of ether oxygens (including phenoxy) is 1. The summed E-state index contributed by atoms with van der Waals surface area (Å²) in [5.74, 6) is 0. The fourth-order valence-electron chi connectivity index (χ4n) is 1.86. The summed E-state index contributed by atoms with van der Waals surface area (Å²) in [4.78, 5) is 11.7. The number of nitrogens with one attached hydrogen (secondary N) is 2. The van der Waals surface area contributed by atoms with E-state index >= 15 is 0 Å². The molecule has 1 atom stereocenters. The van der Waals surface area contributed by atoms with Crippen molar-refractivity contribution in [1.29, 1.82) is 0 Å². The fourth-order valence-corrected chi connectivity index (χ4v) is 1.86. The van der Waals surface area contributed by atoms with Crippen molar-refractivity contribution in [3.8, 4) is 0 Å². The number of rotatable bonds is 6. The van der Waals surface area contributed by atoms with E-state index in [1.165, 1.54) is 0 Å². The topological polar surface area (TPSA) is 70.6 Å². The molecular formula is C18H30N2O3. The van der Waals surface area contributed by atoms with Crippen LogP contribution in [0.3, 0.4) is 0 Å². The molecule has 1 amide bonds. The van der Waals surface area contributed by atoms with Gasteiger partial charge in [-0.05, 0) is 72.2 Å². The summed E-state index contributed by atoms with van der Waals surface area (Å²) in [6.07, 6.45) is 0.401. The maximum Gasteiger partial charge on any atom is 0.412 e. The third kappa shape index (κ3) is 8.00. The lowest BCUT2D eigenvalue weighted by atomic mass is 10.0. The van der Waals surface area contributed by atoms with E-state index in [0.29, 0.717) is 5.69 Å². The minimum atomic E-state index is -0.735. The molecule has 0 aromatic heterocycles. The maximum atomic E-state index is 11.7. The summed E-state index contributed by atoms with van der Waals surface area (Å²) in [5, 5.41) is 15.9. The van der Waals surface area contributed by atoms with Crippen LogP contribution in [0.2, 0.25) is 0 Å². The molecule has 3 N–H and O–H groups in total. The highest BCUT2D eigenvalue weighted by Gasteiger charge is 2.21. The van der Waals surface area contributed by atoms with Crippen LogP contribution in [0.25, 0.3) is 0 Å². The number of hydrogen-bond acceptors (Lipinski definition) is 4. The van der Waals surface area contributed by atoms with Gasteiger partial charge in [0.25, 0.3) is 0 Å². The molecule has 1 rings (SSSR count). The first kappa shape index (κ1) is 19.5. The first-order valence-electron chi connectivity index (χ1n) is 8.02. The molecule has 0 radical (unpaired) electrons. The number of hydrogen-bond donors (Lipinski definition) is 3. The molecule has 0 saturated heterocycles. The highest BCUT2D eigenvalue weighted by Crippen LogP contribution is 2.13. The molecule has 5 heteroatoms. The molecule has 0 fully saturated rings. The Morgan fingerprint density at radius 2 is 1.74 bits per heavy atom. The lowest BCUT2D eigenvalue weighted by Crippen LogP contribution is -2.45. The Kier molecular flexibility index (Phi) is 6.59. The Hall–Kier alpha value is -1.59. The second-order valence-corrected chi connectivity index (χ2v) is 7.40. The Labute approximate surface area is 139 Å². The number of aliphatic hydroxyl groups is 1. The van der Waals surface area contributed by atoms with Gasteiger partial charge < -0.3 is 15.2 Å². The fraction of sp³-hybridized carbons (Fsp3) is 0.611. The summed E-state index contributed by atoms with van der Waals surface area (Å²) < 4.78 is 5.21. The quantitative estimate of drug-likeness (QED) is 0.751. The van der Waals surface area contributed by atoms with Gasteiger partial charge in [-0.15, -0.1) is 0 Å². The lowest BCUT2D eigenvalue weighted by Gasteiger charge is -2.26. The largest absolute Gasteiger partial charge is 0.444 e. The van der Waals surface area contributed by atoms with Crippen molar-refractivity contribution in [2.45, 2.75) is 65.2 Å². The zero-order valence-electron chi connectivity index (χ0n) is 15.1. The number of carbonyl (C=O) groups is 1. The van der Waals surface area contributed by atoms with Crippen LogP contribution >= 0.6 is 0 Å². The van der Waals surface area contributed by atoms with E-state index in [2.05, 4.69) is 10.6 Å². The van der Waals surface area contributed by atoms with Crippen molar-refractivity contribution in [2.24, 2.45) is 0 Å². The molecule has 0 aliphatic heterocycles. The van der Waals surface area contributed by atoms with Crippen molar-refractivity contribution in [3.63, 3.8) is 0 Å². The van der Waals surface area contributed by atoms with Gasteiger partial charge in [0.2, 0.25) is 0 Å². The summed E-state index contributed by atoms with van der Waals surface area (Å²) in [5.41, 5.74) is 0.629. The Balaban J connectivity index is 2.43. The second kappa shape index (κ2) is 7.79. The Bertz CT molecular complexity index is 498. The van der Waals surface area contributed by atoms with Gasteiger partial charge >= 0.3 is 6.09 Å². The molecule has 0 spiro atoms. The van der Waals surface area contributed by atoms with Crippen LogP contribution in [0.1, 0.15) is 47.1 Å². The predicted molar refractivity (Wildman–Crippen MR) is 93.8 cm³/mol. The summed E-state index contributed by atoms with van der Waals surface area (Å²) in [6.45, 7) is 11.8. The SMILES string of the molecule is CC(NCCc1ccc(NC(=O)OC(C)(C)C)cc1)C(C)(C)O. The van der Waals surface area contributed by atoms with E-state index < -0.39 is 17.3 Å². The number of benzene rings is 1. The molecule has 0 aliphatic carbocycles. The van der Waals surface area contributed by atoms with E-state index in [0.717, 1.165) is 18.5 Å². The zero-order chi connectivity index (χ0) is 17.7. The zero-order valence-corrected chi connectivity index (χ0v) is 15.1. The standard InChI is InChI=1S/C18H30N2O3/c1-13(18(5,6)22)19-12-11-14-7-9-15(10-8-14)20-16(21)23-17(2,3)4/h7-10,13,19,22H,11-12H2,1-6H3,(H,20,21). The van der Waals surface area contributed by atoms with E-state index in [1.54, 1.807) is 13.8 Å². The molecule has 1 unspecified atom stereocenters. The Morgan fingerprint density at radius 3 is 2.22 bits per heavy atom. The van der Waals surface area contributed by atoms with Crippen LogP contribution in [0.5, 0.6) is 0 Å². The summed E-state index contributed by atoms with van der Waals surface area (Å²) >= 11 is 0. The monoisotopic (exact) mass is 322 g/mol. The van der Waals surface area contributed by atoms with Gasteiger partial charge in [-0.25, -0.2) is 4.79 Å². The van der Waals surface area contributed by atoms with Crippen LogP contribution in [-0.2, 0) is 11.2 Å². The van der Waals surface area contributed by atoms with E-state index in [9.17, 15) is 9.90 Å². The third-order valence-electron chi connectivity index (χ3n) is 3.52. The molecule has 5 nitrogen and oxygen atoms in total. The molecular weight excluding hydrogens is 292 g/mol. The van der Waals surface area contributed by atoms with Crippen molar-refractivity contribution in [3.05, 3.63) is 29.8 Å². The molecule has 0 saturated carbocycles. The van der Waals surface area contributed by atoms with Gasteiger partial charge in [-0.3, -0.25) is 5.32 Å². The lowest BCUT2D eigenvalue weighted by molar-refractivity contribution is 0.0446. The van der Waals surface area contributed by atoms with Crippen LogP contribution in [0.15, 0.2) is 24.3 Å². The van der Waals surface area contributed by atoms with Gasteiger partial charge in [0, 0.05) is 11.7 Å². The van der Waals surface area contributed by atoms with E-state index in [1.807, 2.05) is 52.0 Å². The van der Waals surface area contributed by atoms with Gasteiger partial charge in [-0.2, -0.15) is 0 Å². The molecule has 130 valence electrons. The predicted octanol–water partition coefficient (Wildman–Crippen LogP) is 3.33. The highest BCUT2D eigenvalue weighted by atomic mass is 16.6. The molecule has 0 heterocycles. The van der Waals surface area contributed by atoms with Gasteiger partial charge in [0.1, 0.15) is 5.60 Å². The third-order valence-corrected chi connectivity index (χ3v) is 3.52. The first-order valence-corrected chi connectivity index (χ1v) is 8.02. The minimum Gasteiger partial charge on any atom is -0.444 e. The van der Waals surface area contributed by atoms with Gasteiger partial charge in [0.05, 0.1) is 5.60 Å². The van der Waals surface area contributed by atoms with Gasteiger partial charge in [-0.1, -0.05) is 12.1 Å². The Morgan fingerprint density at radius 1 is 1.17 bits per heavy atom. The number of amides is 1. The summed E-state index contributed by atoms with van der Waals surface area (Å²) in [6, 6.07) is 7.69. The molecule has 0 aliphatic rings. The average Bonchev–Trinajstić information content (AvgIpc) is 2.37. The van der Waals surface area contributed by atoms with E-state index in [-0.39, 0.29) is 6.04 Å². The van der Waals surface area contributed by atoms with Crippen molar-refractivity contribution >= 4 is 11.8 Å². The van der Waals surface area contributed by atoms with Crippen molar-refractivity contribution in [1.82, 2.24) is 5.32 Å². The van der Waals surface area contributed by atoms with E-state index in [4.69, 9.17) is 4.74 Å². The van der Waals surface area contributed by atoms with Crippen LogP contribution in [-0.4, -0.2) is 35.0 Å². The molecule has 1 aromatic rings. The minimum absolute atomic E-state index is 0.0237. The van der Waals surface area contributed by atoms with Crippen molar-refractivity contribution in [2.75, 3.05) is 11.9 Å². The van der Waals surface area contributed by atoms with Crippen LogP contribution in [0.4, 0.5) is 10.5 Å². The maximum absolute atomic E-state index is 11.7. The molecule has 1 aromatic carbocycles. The highest BCUT2D eigenvalue weighted by molar-refractivity contribution is 5.84. The van der Waals surface area contributed by atoms with Crippen LogP contribution < -0.4 is 10.6 Å². The smallest absolute Gasteiger partial charge is 0.412 e. The first-order chi connectivity index (χ1) is 10.5. The second-order valence-electron chi connectivity index (χ2n) is 7.40. The number of carbonyl (C=O) groups excluding carboxylic acids is 1. The van der Waals surface area contributed by atoms with Gasteiger partial charge in [0.15, 0.2) is 0 Å². The number of anilines is 1. The van der Waals surface area contributed by atoms with Crippen LogP contribution in [0, 0.1) is 0 Å². The normalized spacial score (nSPS) is 13.5. The molecule has 0 bridgehead atoms. The summed E-state index contributed by atoms with van der Waals surface area (Å²) in [7, 11) is 0. The molecule has 23 heavy (non-hydrogen) atoms.